The Morgan fingerprint density at radius 2 is 2.05 bits per heavy atom. The van der Waals surface area contributed by atoms with Crippen molar-refractivity contribution in [2.45, 2.75) is 5.88 Å². The minimum Gasteiger partial charge on any atom is -0.497 e. The predicted octanol–water partition coefficient (Wildman–Crippen LogP) is 5.03. The van der Waals surface area contributed by atoms with E-state index in [9.17, 15) is 0 Å². The lowest BCUT2D eigenvalue weighted by Gasteiger charge is -2.11. The number of alkyl halides is 1. The van der Waals surface area contributed by atoms with E-state index in [0.29, 0.717) is 10.9 Å². The lowest BCUT2D eigenvalue weighted by atomic mass is 10.2. The van der Waals surface area contributed by atoms with E-state index in [-0.39, 0.29) is 0 Å². The number of hydrogen-bond acceptors (Lipinski definition) is 2. The SMILES string of the molecule is COc1ccc(Cl)c(-n2c(CCl)nc3cc(I)ccc32)c1. The molecule has 1 heterocycles. The van der Waals surface area contributed by atoms with Gasteiger partial charge in [0.1, 0.15) is 11.6 Å². The number of methoxy groups -OCH3 is 1. The number of ether oxygens (including phenoxy) is 1. The van der Waals surface area contributed by atoms with Crippen molar-refractivity contribution in [1.29, 1.82) is 0 Å². The first-order valence-electron chi connectivity index (χ1n) is 6.21. The summed E-state index contributed by atoms with van der Waals surface area (Å²) in [4.78, 5) is 4.59. The van der Waals surface area contributed by atoms with Crippen LogP contribution in [0.15, 0.2) is 36.4 Å². The average Bonchev–Trinajstić information content (AvgIpc) is 2.85. The predicted molar refractivity (Wildman–Crippen MR) is 94.9 cm³/mol. The molecule has 0 aliphatic rings. The van der Waals surface area contributed by atoms with Crippen molar-refractivity contribution in [3.8, 4) is 11.4 Å². The normalized spacial score (nSPS) is 11.0. The summed E-state index contributed by atoms with van der Waals surface area (Å²) in [5.74, 6) is 1.80. The molecule has 0 fully saturated rings. The molecule has 3 aromatic rings. The van der Waals surface area contributed by atoms with Crippen LogP contribution in [0.1, 0.15) is 5.82 Å². The van der Waals surface area contributed by atoms with E-state index in [1.165, 1.54) is 0 Å². The van der Waals surface area contributed by atoms with Crippen molar-refractivity contribution in [2.24, 2.45) is 0 Å². The van der Waals surface area contributed by atoms with Gasteiger partial charge in [-0.25, -0.2) is 4.98 Å². The Balaban J connectivity index is 2.33. The van der Waals surface area contributed by atoms with Gasteiger partial charge in [-0.1, -0.05) is 11.6 Å². The molecule has 108 valence electrons. The van der Waals surface area contributed by atoms with E-state index < -0.39 is 0 Å². The van der Waals surface area contributed by atoms with E-state index in [1.54, 1.807) is 7.11 Å². The smallest absolute Gasteiger partial charge is 0.129 e. The Bertz CT molecular complexity index is 817. The summed E-state index contributed by atoms with van der Waals surface area (Å²) in [7, 11) is 1.63. The molecule has 0 bridgehead atoms. The highest BCUT2D eigenvalue weighted by Crippen LogP contribution is 2.31. The highest BCUT2D eigenvalue weighted by atomic mass is 127. The molecule has 6 heteroatoms. The number of hydrogen-bond donors (Lipinski definition) is 0. The van der Waals surface area contributed by atoms with Crippen LogP contribution in [0.3, 0.4) is 0 Å². The molecule has 0 unspecified atom stereocenters. The zero-order chi connectivity index (χ0) is 15.0. The first kappa shape index (κ1) is 14.9. The second kappa shape index (κ2) is 6.02. The van der Waals surface area contributed by atoms with E-state index in [0.717, 1.165) is 31.9 Å². The molecule has 0 radical (unpaired) electrons. The summed E-state index contributed by atoms with van der Waals surface area (Å²) in [5, 5.41) is 0.625. The molecule has 0 N–H and O–H groups in total. The molecule has 1 aromatic heterocycles. The van der Waals surface area contributed by atoms with Crippen molar-refractivity contribution in [3.05, 3.63) is 50.8 Å². The third-order valence-electron chi connectivity index (χ3n) is 3.20. The first-order chi connectivity index (χ1) is 10.1. The van der Waals surface area contributed by atoms with Gasteiger partial charge >= 0.3 is 0 Å². The molecule has 0 spiro atoms. The van der Waals surface area contributed by atoms with Crippen LogP contribution < -0.4 is 4.74 Å². The van der Waals surface area contributed by atoms with Crippen LogP contribution >= 0.6 is 45.8 Å². The van der Waals surface area contributed by atoms with E-state index >= 15 is 0 Å². The van der Waals surface area contributed by atoms with Gasteiger partial charge in [0.05, 0.1) is 34.7 Å². The largest absolute Gasteiger partial charge is 0.497 e. The summed E-state index contributed by atoms with van der Waals surface area (Å²) in [6, 6.07) is 11.6. The number of rotatable bonds is 3. The van der Waals surface area contributed by atoms with Crippen molar-refractivity contribution in [3.63, 3.8) is 0 Å². The molecule has 0 saturated carbocycles. The molecule has 2 aromatic carbocycles. The maximum Gasteiger partial charge on any atom is 0.129 e. The minimum absolute atomic E-state index is 0.304. The zero-order valence-corrected chi connectivity index (χ0v) is 14.8. The maximum atomic E-state index is 6.36. The van der Waals surface area contributed by atoms with Crippen molar-refractivity contribution in [2.75, 3.05) is 7.11 Å². The molecule has 0 atom stereocenters. The Labute approximate surface area is 146 Å². The number of fused-ring (bicyclic) bond motifs is 1. The standard InChI is InChI=1S/C15H11Cl2IN2O/c1-21-10-3-4-11(17)14(7-10)20-13-5-2-9(18)6-12(13)19-15(20)8-16/h2-7H,8H2,1H3. The van der Waals surface area contributed by atoms with Crippen LogP contribution in [0, 0.1) is 3.57 Å². The van der Waals surface area contributed by atoms with Crippen molar-refractivity contribution >= 4 is 56.8 Å². The summed E-state index contributed by atoms with van der Waals surface area (Å²) in [6.45, 7) is 0. The minimum atomic E-state index is 0.304. The van der Waals surface area contributed by atoms with Crippen LogP contribution in [0.5, 0.6) is 5.75 Å². The molecule has 21 heavy (non-hydrogen) atoms. The third kappa shape index (κ3) is 2.72. The average molecular weight is 433 g/mol. The van der Waals surface area contributed by atoms with Gasteiger partial charge in [-0.2, -0.15) is 0 Å². The van der Waals surface area contributed by atoms with Crippen molar-refractivity contribution in [1.82, 2.24) is 9.55 Å². The van der Waals surface area contributed by atoms with Crippen molar-refractivity contribution < 1.29 is 4.74 Å². The van der Waals surface area contributed by atoms with E-state index in [4.69, 9.17) is 27.9 Å². The van der Waals surface area contributed by atoms with Gasteiger partial charge < -0.3 is 4.74 Å². The van der Waals surface area contributed by atoms with E-state index in [1.807, 2.05) is 41.0 Å². The van der Waals surface area contributed by atoms with Gasteiger partial charge in [-0.15, -0.1) is 11.6 Å². The second-order valence-corrected chi connectivity index (χ2v) is 6.37. The molecule has 0 amide bonds. The molecular weight excluding hydrogens is 422 g/mol. The van der Waals surface area contributed by atoms with Gasteiger partial charge in [0.25, 0.3) is 0 Å². The summed E-state index contributed by atoms with van der Waals surface area (Å²) in [5.41, 5.74) is 2.69. The Morgan fingerprint density at radius 3 is 2.76 bits per heavy atom. The molecule has 0 aliphatic carbocycles. The van der Waals surface area contributed by atoms with Crippen LogP contribution in [-0.2, 0) is 5.88 Å². The maximum absolute atomic E-state index is 6.36. The molecule has 0 saturated heterocycles. The van der Waals surface area contributed by atoms with Crippen LogP contribution in [0.2, 0.25) is 5.02 Å². The number of aromatic nitrogens is 2. The topological polar surface area (TPSA) is 27.1 Å². The number of imidazole rings is 1. The lowest BCUT2D eigenvalue weighted by Crippen LogP contribution is -2.00. The molecule has 3 rings (SSSR count). The van der Waals surface area contributed by atoms with Crippen LogP contribution in [0.25, 0.3) is 16.7 Å². The highest BCUT2D eigenvalue weighted by Gasteiger charge is 2.15. The molecule has 3 nitrogen and oxygen atoms in total. The van der Waals surface area contributed by atoms with E-state index in [2.05, 4.69) is 27.6 Å². The summed E-state index contributed by atoms with van der Waals surface area (Å²) >= 11 is 14.7. The van der Waals surface area contributed by atoms with Gasteiger partial charge in [0.15, 0.2) is 0 Å². The fraction of sp³-hybridized carbons (Fsp3) is 0.133. The first-order valence-corrected chi connectivity index (χ1v) is 8.20. The van der Waals surface area contributed by atoms with Gasteiger partial charge in [0, 0.05) is 9.64 Å². The molecular formula is C15H11Cl2IN2O. The third-order valence-corrected chi connectivity index (χ3v) is 4.43. The van der Waals surface area contributed by atoms with Gasteiger partial charge in [-0.3, -0.25) is 4.57 Å². The summed E-state index contributed by atoms with van der Waals surface area (Å²) in [6.07, 6.45) is 0. The number of benzene rings is 2. The second-order valence-electron chi connectivity index (χ2n) is 4.45. The number of nitrogens with zero attached hydrogens (tertiary/aromatic N) is 2. The molecule has 0 aliphatic heterocycles. The number of halogens is 3. The van der Waals surface area contributed by atoms with Gasteiger partial charge in [-0.05, 0) is 52.9 Å². The van der Waals surface area contributed by atoms with Crippen LogP contribution in [0.4, 0.5) is 0 Å². The Hall–Kier alpha value is -0.980. The Morgan fingerprint density at radius 1 is 1.24 bits per heavy atom. The fourth-order valence-corrected chi connectivity index (χ4v) is 3.11. The zero-order valence-electron chi connectivity index (χ0n) is 11.1. The Kier molecular flexibility index (Phi) is 4.28. The quantitative estimate of drug-likeness (QED) is 0.428. The summed E-state index contributed by atoms with van der Waals surface area (Å²) < 4.78 is 8.39. The van der Waals surface area contributed by atoms with Gasteiger partial charge in [0.2, 0.25) is 0 Å². The highest BCUT2D eigenvalue weighted by molar-refractivity contribution is 14.1. The fourth-order valence-electron chi connectivity index (χ4n) is 2.25. The lowest BCUT2D eigenvalue weighted by molar-refractivity contribution is 0.414. The monoisotopic (exact) mass is 432 g/mol. The van der Waals surface area contributed by atoms with Crippen LogP contribution in [-0.4, -0.2) is 16.7 Å².